The summed E-state index contributed by atoms with van der Waals surface area (Å²) >= 11 is 12.7. The number of ether oxygens (including phenoxy) is 1. The third kappa shape index (κ3) is 7.44. The number of hydrogen-bond donors (Lipinski definition) is 1. The summed E-state index contributed by atoms with van der Waals surface area (Å²) in [5.74, 6) is -0.405. The predicted octanol–water partition coefficient (Wildman–Crippen LogP) is 5.14. The number of nitrogens with zero attached hydrogens (tertiary/aromatic N) is 2. The lowest BCUT2D eigenvalue weighted by atomic mass is 10.1. The molecule has 0 heterocycles. The van der Waals surface area contributed by atoms with Crippen LogP contribution in [0.4, 0.5) is 5.69 Å². The van der Waals surface area contributed by atoms with Gasteiger partial charge in [-0.1, -0.05) is 59.6 Å². The molecule has 1 atom stereocenters. The monoisotopic (exact) mass is 591 g/mol. The van der Waals surface area contributed by atoms with E-state index in [1.165, 1.54) is 36.3 Å². The molecule has 3 aromatic carbocycles. The molecule has 1 N–H and O–H groups in total. The van der Waals surface area contributed by atoms with Crippen molar-refractivity contribution >= 4 is 50.7 Å². The van der Waals surface area contributed by atoms with E-state index in [1.807, 2.05) is 13.8 Å². The Hall–Kier alpha value is -3.27. The van der Waals surface area contributed by atoms with Crippen LogP contribution in [0, 0.1) is 0 Å². The summed E-state index contributed by atoms with van der Waals surface area (Å²) in [7, 11) is -2.72. The summed E-state index contributed by atoms with van der Waals surface area (Å²) in [6.07, 6.45) is 0. The van der Waals surface area contributed by atoms with E-state index in [9.17, 15) is 18.0 Å². The average molecular weight is 593 g/mol. The molecule has 0 spiro atoms. The van der Waals surface area contributed by atoms with Crippen LogP contribution in [0.15, 0.2) is 77.7 Å². The van der Waals surface area contributed by atoms with Gasteiger partial charge in [-0.25, -0.2) is 8.42 Å². The molecule has 0 aromatic heterocycles. The topological polar surface area (TPSA) is 96.0 Å². The number of rotatable bonds is 11. The van der Waals surface area contributed by atoms with Crippen LogP contribution in [0.25, 0.3) is 0 Å². The van der Waals surface area contributed by atoms with Gasteiger partial charge >= 0.3 is 0 Å². The molecule has 1 unspecified atom stereocenters. The van der Waals surface area contributed by atoms with E-state index in [4.69, 9.17) is 27.9 Å². The van der Waals surface area contributed by atoms with Crippen LogP contribution >= 0.6 is 23.2 Å². The Bertz CT molecular complexity index is 1420. The van der Waals surface area contributed by atoms with Crippen LogP contribution in [-0.2, 0) is 26.2 Å². The van der Waals surface area contributed by atoms with Gasteiger partial charge in [0.2, 0.25) is 11.8 Å². The Balaban J connectivity index is 2.07. The lowest BCUT2D eigenvalue weighted by molar-refractivity contribution is -0.139. The van der Waals surface area contributed by atoms with E-state index in [0.717, 1.165) is 4.31 Å². The molecule has 8 nitrogen and oxygen atoms in total. The zero-order chi connectivity index (χ0) is 28.7. The molecule has 0 bridgehead atoms. The molecule has 2 amide bonds. The van der Waals surface area contributed by atoms with E-state index >= 15 is 0 Å². The number of halogens is 2. The van der Waals surface area contributed by atoms with Crippen molar-refractivity contribution in [3.63, 3.8) is 0 Å². The van der Waals surface area contributed by atoms with Gasteiger partial charge in [-0.05, 0) is 62.7 Å². The van der Waals surface area contributed by atoms with Crippen molar-refractivity contribution in [3.8, 4) is 5.75 Å². The molecule has 0 aliphatic carbocycles. The standard InChI is InChI=1S/C28H31Cl2N3O5S/c1-19(2)31-28(35)20(3)32(17-21-10-8-11-22(16-21)38-4)26(34)18-33(25-15-9-14-24(29)27(25)30)39(36,37)23-12-6-5-7-13-23/h5-16,19-20H,17-18H2,1-4H3,(H,31,35). The molecular weight excluding hydrogens is 561 g/mol. The highest BCUT2D eigenvalue weighted by Gasteiger charge is 2.33. The van der Waals surface area contributed by atoms with Crippen molar-refractivity contribution in [1.82, 2.24) is 10.2 Å². The van der Waals surface area contributed by atoms with Gasteiger partial charge in [-0.15, -0.1) is 0 Å². The zero-order valence-corrected chi connectivity index (χ0v) is 24.4. The first-order valence-corrected chi connectivity index (χ1v) is 14.4. The van der Waals surface area contributed by atoms with Gasteiger partial charge in [0.05, 0.1) is 27.7 Å². The van der Waals surface area contributed by atoms with Crippen molar-refractivity contribution in [1.29, 1.82) is 0 Å². The van der Waals surface area contributed by atoms with Crippen LogP contribution in [0.2, 0.25) is 10.0 Å². The van der Waals surface area contributed by atoms with Crippen LogP contribution in [0.3, 0.4) is 0 Å². The van der Waals surface area contributed by atoms with Gasteiger partial charge < -0.3 is 15.0 Å². The second kappa shape index (κ2) is 13.2. The first-order valence-electron chi connectivity index (χ1n) is 12.2. The Morgan fingerprint density at radius 2 is 1.62 bits per heavy atom. The number of benzene rings is 3. The quantitative estimate of drug-likeness (QED) is 0.333. The molecular formula is C28H31Cl2N3O5S. The Morgan fingerprint density at radius 1 is 0.949 bits per heavy atom. The summed E-state index contributed by atoms with van der Waals surface area (Å²) in [6.45, 7) is 4.63. The molecule has 39 heavy (non-hydrogen) atoms. The van der Waals surface area contributed by atoms with Crippen molar-refractivity contribution in [2.24, 2.45) is 0 Å². The van der Waals surface area contributed by atoms with Crippen molar-refractivity contribution < 1.29 is 22.7 Å². The Kier molecular flexibility index (Phi) is 10.2. The third-order valence-corrected chi connectivity index (χ3v) is 8.48. The molecule has 0 fully saturated rings. The van der Waals surface area contributed by atoms with Crippen molar-refractivity contribution in [2.75, 3.05) is 18.0 Å². The number of hydrogen-bond acceptors (Lipinski definition) is 5. The number of carbonyl (C=O) groups excluding carboxylic acids is 2. The molecule has 0 aliphatic heterocycles. The summed E-state index contributed by atoms with van der Waals surface area (Å²) in [5, 5.41) is 2.93. The van der Waals surface area contributed by atoms with Crippen LogP contribution in [-0.4, -0.2) is 50.9 Å². The predicted molar refractivity (Wildman–Crippen MR) is 154 cm³/mol. The maximum absolute atomic E-state index is 13.9. The molecule has 11 heteroatoms. The van der Waals surface area contributed by atoms with Crippen LogP contribution in [0.5, 0.6) is 5.75 Å². The van der Waals surface area contributed by atoms with E-state index in [1.54, 1.807) is 55.5 Å². The molecule has 0 aliphatic rings. The lowest BCUT2D eigenvalue weighted by Gasteiger charge is -2.32. The van der Waals surface area contributed by atoms with Gasteiger partial charge in [-0.2, -0.15) is 0 Å². The summed E-state index contributed by atoms with van der Waals surface area (Å²) in [6, 6.07) is 18.3. The van der Waals surface area contributed by atoms with Crippen LogP contribution < -0.4 is 14.4 Å². The van der Waals surface area contributed by atoms with Crippen molar-refractivity contribution in [3.05, 3.63) is 88.4 Å². The minimum absolute atomic E-state index is 0.0172. The third-order valence-electron chi connectivity index (χ3n) is 5.90. The first-order chi connectivity index (χ1) is 18.4. The zero-order valence-electron chi connectivity index (χ0n) is 22.1. The van der Waals surface area contributed by atoms with E-state index in [2.05, 4.69) is 5.32 Å². The largest absolute Gasteiger partial charge is 0.497 e. The Morgan fingerprint density at radius 3 is 2.26 bits per heavy atom. The second-order valence-electron chi connectivity index (χ2n) is 9.11. The second-order valence-corrected chi connectivity index (χ2v) is 11.8. The number of anilines is 1. The van der Waals surface area contributed by atoms with Crippen molar-refractivity contribution in [2.45, 2.75) is 44.3 Å². The highest BCUT2D eigenvalue weighted by atomic mass is 35.5. The lowest BCUT2D eigenvalue weighted by Crippen LogP contribution is -2.52. The SMILES string of the molecule is COc1cccc(CN(C(=O)CN(c2cccc(Cl)c2Cl)S(=O)(=O)c2ccccc2)C(C)C(=O)NC(C)C)c1. The maximum atomic E-state index is 13.9. The number of sulfonamides is 1. The number of methoxy groups -OCH3 is 1. The average Bonchev–Trinajstić information content (AvgIpc) is 2.91. The fourth-order valence-corrected chi connectivity index (χ4v) is 5.77. The minimum Gasteiger partial charge on any atom is -0.497 e. The van der Waals surface area contributed by atoms with Gasteiger partial charge in [0.25, 0.3) is 10.0 Å². The van der Waals surface area contributed by atoms with Gasteiger partial charge in [0, 0.05) is 12.6 Å². The van der Waals surface area contributed by atoms with Gasteiger partial charge in [0.15, 0.2) is 0 Å². The maximum Gasteiger partial charge on any atom is 0.264 e. The smallest absolute Gasteiger partial charge is 0.264 e. The van der Waals surface area contributed by atoms with E-state index in [-0.39, 0.29) is 39.1 Å². The normalized spacial score (nSPS) is 12.1. The fourth-order valence-electron chi connectivity index (χ4n) is 3.87. The highest BCUT2D eigenvalue weighted by molar-refractivity contribution is 7.92. The van der Waals surface area contributed by atoms with Gasteiger partial charge in [-0.3, -0.25) is 13.9 Å². The minimum atomic E-state index is -4.25. The molecule has 0 radical (unpaired) electrons. The molecule has 0 saturated carbocycles. The Labute approximate surface area is 239 Å². The highest BCUT2D eigenvalue weighted by Crippen LogP contribution is 2.35. The number of amides is 2. The van der Waals surface area contributed by atoms with E-state index in [0.29, 0.717) is 11.3 Å². The molecule has 3 aromatic rings. The number of carbonyl (C=O) groups is 2. The van der Waals surface area contributed by atoms with Gasteiger partial charge in [0.1, 0.15) is 18.3 Å². The molecule has 3 rings (SSSR count). The number of nitrogens with one attached hydrogen (secondary N) is 1. The van der Waals surface area contributed by atoms with E-state index < -0.39 is 28.5 Å². The summed E-state index contributed by atoms with van der Waals surface area (Å²) < 4.78 is 33.8. The molecule has 208 valence electrons. The summed E-state index contributed by atoms with van der Waals surface area (Å²) in [5.41, 5.74) is 0.743. The van der Waals surface area contributed by atoms with Crippen LogP contribution in [0.1, 0.15) is 26.3 Å². The molecule has 0 saturated heterocycles. The summed E-state index contributed by atoms with van der Waals surface area (Å²) in [4.78, 5) is 28.2. The first kappa shape index (κ1) is 30.3. The fraction of sp³-hybridized carbons (Fsp3) is 0.286.